The molecule has 5 nitrogen and oxygen atoms in total. The van der Waals surface area contributed by atoms with E-state index in [2.05, 4.69) is 4.98 Å². The van der Waals surface area contributed by atoms with E-state index in [9.17, 15) is 9.59 Å². The molecule has 0 spiro atoms. The van der Waals surface area contributed by atoms with E-state index in [1.807, 2.05) is 0 Å². The lowest BCUT2D eigenvalue weighted by atomic mass is 10.2. The number of carbonyl (C=O) groups is 2. The molecule has 17 heavy (non-hydrogen) atoms. The summed E-state index contributed by atoms with van der Waals surface area (Å²) in [5.41, 5.74) is 0.770. The zero-order chi connectivity index (χ0) is 12.6. The Labute approximate surface area is 99.1 Å². The normalized spacial score (nSPS) is 14.5. The third kappa shape index (κ3) is 2.43. The maximum Gasteiger partial charge on any atom is 0.335 e. The highest BCUT2D eigenvalue weighted by molar-refractivity contribution is 5.94. The van der Waals surface area contributed by atoms with Crippen molar-refractivity contribution >= 4 is 17.7 Å². The van der Waals surface area contributed by atoms with Crippen molar-refractivity contribution < 1.29 is 14.7 Å². The molecule has 0 radical (unpaired) electrons. The number of amides is 1. The van der Waals surface area contributed by atoms with Gasteiger partial charge in [-0.2, -0.15) is 0 Å². The summed E-state index contributed by atoms with van der Waals surface area (Å²) < 4.78 is 0. The maximum absolute atomic E-state index is 11.6. The third-order valence-corrected chi connectivity index (χ3v) is 2.68. The molecular formula is C12H14N2O3. The number of carboxylic acids is 1. The summed E-state index contributed by atoms with van der Waals surface area (Å²) in [6.07, 6.45) is 1.91. The van der Waals surface area contributed by atoms with Gasteiger partial charge in [-0.05, 0) is 31.9 Å². The van der Waals surface area contributed by atoms with Crippen molar-refractivity contribution in [2.24, 2.45) is 0 Å². The maximum atomic E-state index is 11.6. The fourth-order valence-corrected chi connectivity index (χ4v) is 1.84. The number of anilines is 1. The number of aromatic nitrogens is 1. The Bertz CT molecular complexity index is 481. The number of hydrogen-bond donors (Lipinski definition) is 1. The van der Waals surface area contributed by atoms with Crippen molar-refractivity contribution in [3.05, 3.63) is 23.4 Å². The largest absolute Gasteiger partial charge is 0.478 e. The lowest BCUT2D eigenvalue weighted by Gasteiger charge is -2.20. The monoisotopic (exact) mass is 234 g/mol. The quantitative estimate of drug-likeness (QED) is 0.862. The molecule has 1 aliphatic carbocycles. The minimum absolute atomic E-state index is 0.0954. The van der Waals surface area contributed by atoms with Crippen molar-refractivity contribution in [3.63, 3.8) is 0 Å². The molecule has 0 saturated heterocycles. The average Bonchev–Trinajstić information content (AvgIpc) is 3.00. The first kappa shape index (κ1) is 11.6. The van der Waals surface area contributed by atoms with Gasteiger partial charge in [-0.1, -0.05) is 0 Å². The van der Waals surface area contributed by atoms with E-state index in [1.54, 1.807) is 11.8 Å². The van der Waals surface area contributed by atoms with E-state index in [0.29, 0.717) is 11.5 Å². The topological polar surface area (TPSA) is 70.5 Å². The number of hydrogen-bond acceptors (Lipinski definition) is 3. The van der Waals surface area contributed by atoms with E-state index >= 15 is 0 Å². The first-order chi connectivity index (χ1) is 7.99. The summed E-state index contributed by atoms with van der Waals surface area (Å²) in [6.45, 7) is 3.20. The van der Waals surface area contributed by atoms with Crippen LogP contribution in [0.5, 0.6) is 0 Å². The Morgan fingerprint density at radius 3 is 2.53 bits per heavy atom. The van der Waals surface area contributed by atoms with E-state index in [0.717, 1.165) is 12.8 Å². The van der Waals surface area contributed by atoms with Crippen LogP contribution in [0.4, 0.5) is 5.82 Å². The molecule has 0 bridgehead atoms. The van der Waals surface area contributed by atoms with E-state index in [4.69, 9.17) is 5.11 Å². The van der Waals surface area contributed by atoms with Gasteiger partial charge in [0.25, 0.3) is 0 Å². The number of carbonyl (C=O) groups excluding carboxylic acids is 1. The lowest BCUT2D eigenvalue weighted by molar-refractivity contribution is -0.116. The Morgan fingerprint density at radius 2 is 2.06 bits per heavy atom. The highest BCUT2D eigenvalue weighted by Gasteiger charge is 2.33. The van der Waals surface area contributed by atoms with Crippen LogP contribution in [0.1, 0.15) is 35.8 Å². The van der Waals surface area contributed by atoms with Gasteiger partial charge in [0, 0.05) is 18.7 Å². The first-order valence-corrected chi connectivity index (χ1v) is 5.51. The summed E-state index contributed by atoms with van der Waals surface area (Å²) in [6, 6.07) is 3.13. The molecule has 2 rings (SSSR count). The molecule has 0 aromatic carbocycles. The molecule has 1 fully saturated rings. The van der Waals surface area contributed by atoms with Crippen molar-refractivity contribution in [2.75, 3.05) is 4.90 Å². The second-order valence-electron chi connectivity index (χ2n) is 4.28. The fraction of sp³-hybridized carbons (Fsp3) is 0.417. The van der Waals surface area contributed by atoms with Crippen LogP contribution in [0.25, 0.3) is 0 Å². The van der Waals surface area contributed by atoms with Crippen molar-refractivity contribution in [2.45, 2.75) is 32.7 Å². The van der Waals surface area contributed by atoms with Crippen molar-refractivity contribution in [1.82, 2.24) is 4.98 Å². The Morgan fingerprint density at radius 1 is 1.41 bits per heavy atom. The minimum atomic E-state index is -1.00. The number of pyridine rings is 1. The Kier molecular flexibility index (Phi) is 2.83. The van der Waals surface area contributed by atoms with Crippen molar-refractivity contribution in [3.8, 4) is 0 Å². The zero-order valence-electron chi connectivity index (χ0n) is 9.80. The molecule has 90 valence electrons. The number of carboxylic acid groups (broad SMARTS) is 1. The molecule has 5 heteroatoms. The van der Waals surface area contributed by atoms with Gasteiger partial charge in [0.05, 0.1) is 5.56 Å². The molecular weight excluding hydrogens is 220 g/mol. The van der Waals surface area contributed by atoms with Crippen LogP contribution in [0.15, 0.2) is 12.1 Å². The number of aryl methyl sites for hydroxylation is 1. The van der Waals surface area contributed by atoms with Gasteiger partial charge in [0.15, 0.2) is 0 Å². The van der Waals surface area contributed by atoms with Crippen LogP contribution in [-0.2, 0) is 4.79 Å². The molecule has 1 aliphatic rings. The summed E-state index contributed by atoms with van der Waals surface area (Å²) >= 11 is 0. The average molecular weight is 234 g/mol. The van der Waals surface area contributed by atoms with Gasteiger partial charge < -0.3 is 5.11 Å². The second-order valence-corrected chi connectivity index (χ2v) is 4.28. The zero-order valence-corrected chi connectivity index (χ0v) is 9.80. The van der Waals surface area contributed by atoms with Gasteiger partial charge in [0.1, 0.15) is 5.82 Å². The summed E-state index contributed by atoms with van der Waals surface area (Å²) in [5.74, 6) is -0.657. The van der Waals surface area contributed by atoms with Crippen molar-refractivity contribution in [1.29, 1.82) is 0 Å². The van der Waals surface area contributed by atoms with Crippen LogP contribution < -0.4 is 4.90 Å². The standard InChI is InChI=1S/C12H14N2O3/c1-7-5-9(12(16)17)6-11(13-7)14(8(2)15)10-3-4-10/h5-6,10H,3-4H2,1-2H3,(H,16,17). The number of rotatable bonds is 3. The number of nitrogens with zero attached hydrogens (tertiary/aromatic N) is 2. The minimum Gasteiger partial charge on any atom is -0.478 e. The summed E-state index contributed by atoms with van der Waals surface area (Å²) in [7, 11) is 0. The molecule has 1 amide bonds. The van der Waals surface area contributed by atoms with E-state index in [1.165, 1.54) is 19.1 Å². The smallest absolute Gasteiger partial charge is 0.335 e. The highest BCUT2D eigenvalue weighted by atomic mass is 16.4. The molecule has 1 aromatic rings. The molecule has 1 aromatic heterocycles. The van der Waals surface area contributed by atoms with Crippen LogP contribution in [0.3, 0.4) is 0 Å². The fourth-order valence-electron chi connectivity index (χ4n) is 1.84. The predicted molar refractivity (Wildman–Crippen MR) is 62.1 cm³/mol. The highest BCUT2D eigenvalue weighted by Crippen LogP contribution is 2.31. The van der Waals surface area contributed by atoms with Gasteiger partial charge in [-0.15, -0.1) is 0 Å². The van der Waals surface area contributed by atoms with Crippen LogP contribution in [0.2, 0.25) is 0 Å². The van der Waals surface area contributed by atoms with Crippen LogP contribution in [0, 0.1) is 6.92 Å². The Hall–Kier alpha value is -1.91. The molecule has 1 N–H and O–H groups in total. The SMILES string of the molecule is CC(=O)N(c1cc(C(=O)O)cc(C)n1)C1CC1. The summed E-state index contributed by atoms with van der Waals surface area (Å²) in [4.78, 5) is 28.3. The van der Waals surface area contributed by atoms with E-state index in [-0.39, 0.29) is 17.5 Å². The van der Waals surface area contributed by atoms with Gasteiger partial charge in [0.2, 0.25) is 5.91 Å². The van der Waals surface area contributed by atoms with Gasteiger partial charge >= 0.3 is 5.97 Å². The second kappa shape index (κ2) is 4.16. The molecule has 0 atom stereocenters. The molecule has 1 saturated carbocycles. The van der Waals surface area contributed by atoms with Crippen LogP contribution in [-0.4, -0.2) is 28.0 Å². The Balaban J connectivity index is 2.42. The molecule has 0 unspecified atom stereocenters. The van der Waals surface area contributed by atoms with Crippen LogP contribution >= 0.6 is 0 Å². The lowest BCUT2D eigenvalue weighted by Crippen LogP contribution is -2.31. The molecule has 0 aliphatic heterocycles. The molecule has 1 heterocycles. The van der Waals surface area contributed by atoms with E-state index < -0.39 is 5.97 Å². The van der Waals surface area contributed by atoms with Gasteiger partial charge in [-0.3, -0.25) is 9.69 Å². The predicted octanol–water partition coefficient (Wildman–Crippen LogP) is 1.60. The van der Waals surface area contributed by atoms with Gasteiger partial charge in [-0.25, -0.2) is 9.78 Å². The number of aromatic carboxylic acids is 1. The first-order valence-electron chi connectivity index (χ1n) is 5.51. The third-order valence-electron chi connectivity index (χ3n) is 2.68. The summed E-state index contributed by atoms with van der Waals surface area (Å²) in [5, 5.41) is 8.98.